The molecule has 1 atom stereocenters. The van der Waals surface area contributed by atoms with Crippen LogP contribution in [0.25, 0.3) is 0 Å². The summed E-state index contributed by atoms with van der Waals surface area (Å²) in [6, 6.07) is 4.82. The molecular weight excluding hydrogens is 262 g/mol. The molecular formula is C15H22ClNO2. The van der Waals surface area contributed by atoms with Crippen molar-refractivity contribution in [3.05, 3.63) is 28.8 Å². The Morgan fingerprint density at radius 3 is 2.74 bits per heavy atom. The monoisotopic (exact) mass is 283 g/mol. The molecule has 106 valence electrons. The van der Waals surface area contributed by atoms with E-state index >= 15 is 0 Å². The van der Waals surface area contributed by atoms with Gasteiger partial charge in [0.05, 0.1) is 11.3 Å². The van der Waals surface area contributed by atoms with Crippen LogP contribution in [0.1, 0.15) is 49.9 Å². The van der Waals surface area contributed by atoms with Gasteiger partial charge in [-0.2, -0.15) is 0 Å². The molecule has 0 aliphatic rings. The fourth-order valence-electron chi connectivity index (χ4n) is 2.05. The van der Waals surface area contributed by atoms with Crippen LogP contribution in [0, 0.1) is 5.92 Å². The molecule has 0 bridgehead atoms. The van der Waals surface area contributed by atoms with Crippen molar-refractivity contribution in [2.75, 3.05) is 11.9 Å². The van der Waals surface area contributed by atoms with Crippen LogP contribution < -0.4 is 5.32 Å². The van der Waals surface area contributed by atoms with Gasteiger partial charge in [0, 0.05) is 11.6 Å². The van der Waals surface area contributed by atoms with E-state index < -0.39 is 5.97 Å². The SMILES string of the molecule is CCCCC(CC)CNc1cc(Cl)ccc1C(=O)O. The van der Waals surface area contributed by atoms with Crippen LogP contribution in [-0.4, -0.2) is 17.6 Å². The molecule has 1 unspecified atom stereocenters. The number of aromatic carboxylic acids is 1. The quantitative estimate of drug-likeness (QED) is 0.729. The predicted molar refractivity (Wildman–Crippen MR) is 80.2 cm³/mol. The first-order chi connectivity index (χ1) is 9.08. The second-order valence-electron chi connectivity index (χ2n) is 4.79. The first-order valence-corrected chi connectivity index (χ1v) is 7.23. The normalized spacial score (nSPS) is 12.2. The minimum Gasteiger partial charge on any atom is -0.478 e. The highest BCUT2D eigenvalue weighted by Gasteiger charge is 2.12. The lowest BCUT2D eigenvalue weighted by Gasteiger charge is -2.17. The summed E-state index contributed by atoms with van der Waals surface area (Å²) < 4.78 is 0. The Bertz CT molecular complexity index is 421. The molecule has 19 heavy (non-hydrogen) atoms. The Morgan fingerprint density at radius 2 is 2.16 bits per heavy atom. The molecule has 3 nitrogen and oxygen atoms in total. The van der Waals surface area contributed by atoms with Gasteiger partial charge >= 0.3 is 5.97 Å². The molecule has 4 heteroatoms. The third-order valence-electron chi connectivity index (χ3n) is 3.34. The molecule has 0 saturated carbocycles. The minimum atomic E-state index is -0.930. The molecule has 0 aliphatic carbocycles. The van der Waals surface area contributed by atoms with Crippen molar-refractivity contribution in [3.8, 4) is 0 Å². The summed E-state index contributed by atoms with van der Waals surface area (Å²) in [5, 5.41) is 12.9. The lowest BCUT2D eigenvalue weighted by Crippen LogP contribution is -2.15. The Kier molecular flexibility index (Phi) is 6.71. The molecule has 1 rings (SSSR count). The van der Waals surface area contributed by atoms with E-state index in [2.05, 4.69) is 19.2 Å². The third-order valence-corrected chi connectivity index (χ3v) is 3.57. The van der Waals surface area contributed by atoms with Crippen LogP contribution in [0.4, 0.5) is 5.69 Å². The fraction of sp³-hybridized carbons (Fsp3) is 0.533. The number of benzene rings is 1. The van der Waals surface area contributed by atoms with E-state index in [1.807, 2.05) is 0 Å². The Balaban J connectivity index is 2.70. The standard InChI is InChI=1S/C15H22ClNO2/c1-3-5-6-11(4-2)10-17-14-9-12(16)7-8-13(14)15(18)19/h7-9,11,17H,3-6,10H2,1-2H3,(H,18,19). The van der Waals surface area contributed by atoms with E-state index in [-0.39, 0.29) is 5.56 Å². The van der Waals surface area contributed by atoms with Crippen LogP contribution in [-0.2, 0) is 0 Å². The number of carboxylic acid groups (broad SMARTS) is 1. The summed E-state index contributed by atoms with van der Waals surface area (Å²) in [6.07, 6.45) is 4.66. The van der Waals surface area contributed by atoms with Crippen molar-refractivity contribution in [2.24, 2.45) is 5.92 Å². The highest BCUT2D eigenvalue weighted by atomic mass is 35.5. The zero-order valence-electron chi connectivity index (χ0n) is 11.6. The molecule has 0 radical (unpaired) electrons. The molecule has 0 spiro atoms. The third kappa shape index (κ3) is 5.11. The summed E-state index contributed by atoms with van der Waals surface area (Å²) in [6.45, 7) is 5.13. The van der Waals surface area contributed by atoms with Crippen molar-refractivity contribution in [3.63, 3.8) is 0 Å². The maximum absolute atomic E-state index is 11.1. The number of carbonyl (C=O) groups is 1. The lowest BCUT2D eigenvalue weighted by atomic mass is 9.99. The van der Waals surface area contributed by atoms with Crippen LogP contribution in [0.2, 0.25) is 5.02 Å². The zero-order valence-corrected chi connectivity index (χ0v) is 12.3. The Morgan fingerprint density at radius 1 is 1.42 bits per heavy atom. The zero-order chi connectivity index (χ0) is 14.3. The van der Waals surface area contributed by atoms with Crippen molar-refractivity contribution in [1.82, 2.24) is 0 Å². The Labute approximate surface area is 120 Å². The van der Waals surface area contributed by atoms with E-state index in [1.165, 1.54) is 19.3 Å². The number of hydrogen-bond donors (Lipinski definition) is 2. The highest BCUT2D eigenvalue weighted by molar-refractivity contribution is 6.31. The van der Waals surface area contributed by atoms with Gasteiger partial charge in [-0.25, -0.2) is 4.79 Å². The van der Waals surface area contributed by atoms with Gasteiger partial charge in [0.1, 0.15) is 0 Å². The average Bonchev–Trinajstić information content (AvgIpc) is 2.38. The summed E-state index contributed by atoms with van der Waals surface area (Å²) >= 11 is 5.92. The van der Waals surface area contributed by atoms with Crippen molar-refractivity contribution < 1.29 is 9.90 Å². The first-order valence-electron chi connectivity index (χ1n) is 6.85. The molecule has 0 heterocycles. The van der Waals surface area contributed by atoms with E-state index in [4.69, 9.17) is 16.7 Å². The molecule has 1 aromatic rings. The van der Waals surface area contributed by atoms with Gasteiger partial charge in [-0.15, -0.1) is 0 Å². The van der Waals surface area contributed by atoms with Gasteiger partial charge in [-0.3, -0.25) is 0 Å². The molecule has 0 amide bonds. The maximum atomic E-state index is 11.1. The second-order valence-corrected chi connectivity index (χ2v) is 5.23. The summed E-state index contributed by atoms with van der Waals surface area (Å²) in [4.78, 5) is 11.1. The largest absolute Gasteiger partial charge is 0.478 e. The number of carboxylic acids is 1. The van der Waals surface area contributed by atoms with E-state index in [0.29, 0.717) is 16.6 Å². The summed E-state index contributed by atoms with van der Waals surface area (Å²) in [5.74, 6) is -0.360. The van der Waals surface area contributed by atoms with Crippen molar-refractivity contribution in [2.45, 2.75) is 39.5 Å². The van der Waals surface area contributed by atoms with Gasteiger partial charge in [0.25, 0.3) is 0 Å². The highest BCUT2D eigenvalue weighted by Crippen LogP contribution is 2.22. The molecule has 0 aromatic heterocycles. The maximum Gasteiger partial charge on any atom is 0.337 e. The van der Waals surface area contributed by atoms with E-state index in [9.17, 15) is 4.79 Å². The van der Waals surface area contributed by atoms with Crippen LogP contribution in [0.3, 0.4) is 0 Å². The van der Waals surface area contributed by atoms with Gasteiger partial charge < -0.3 is 10.4 Å². The smallest absolute Gasteiger partial charge is 0.337 e. The molecule has 2 N–H and O–H groups in total. The average molecular weight is 284 g/mol. The van der Waals surface area contributed by atoms with E-state index in [1.54, 1.807) is 18.2 Å². The Hall–Kier alpha value is -1.22. The lowest BCUT2D eigenvalue weighted by molar-refractivity contribution is 0.0698. The van der Waals surface area contributed by atoms with Gasteiger partial charge in [0.15, 0.2) is 0 Å². The number of anilines is 1. The number of nitrogens with one attached hydrogen (secondary N) is 1. The minimum absolute atomic E-state index is 0.273. The summed E-state index contributed by atoms with van der Waals surface area (Å²) in [7, 11) is 0. The second kappa shape index (κ2) is 8.05. The summed E-state index contributed by atoms with van der Waals surface area (Å²) in [5.41, 5.74) is 0.879. The number of hydrogen-bond acceptors (Lipinski definition) is 2. The number of rotatable bonds is 8. The van der Waals surface area contributed by atoms with Gasteiger partial charge in [-0.05, 0) is 30.5 Å². The van der Waals surface area contributed by atoms with Crippen LogP contribution in [0.15, 0.2) is 18.2 Å². The van der Waals surface area contributed by atoms with E-state index in [0.717, 1.165) is 13.0 Å². The fourth-order valence-corrected chi connectivity index (χ4v) is 2.22. The van der Waals surface area contributed by atoms with Crippen molar-refractivity contribution >= 4 is 23.3 Å². The first kappa shape index (κ1) is 15.8. The molecule has 0 aliphatic heterocycles. The predicted octanol–water partition coefficient (Wildman–Crippen LogP) is 4.67. The molecule has 0 saturated heterocycles. The molecule has 0 fully saturated rings. The van der Waals surface area contributed by atoms with Crippen molar-refractivity contribution in [1.29, 1.82) is 0 Å². The van der Waals surface area contributed by atoms with Crippen LogP contribution in [0.5, 0.6) is 0 Å². The van der Waals surface area contributed by atoms with Gasteiger partial charge in [-0.1, -0.05) is 44.7 Å². The number of unbranched alkanes of at least 4 members (excludes halogenated alkanes) is 1. The number of halogens is 1. The van der Waals surface area contributed by atoms with Gasteiger partial charge in [0.2, 0.25) is 0 Å². The molecule has 1 aromatic carbocycles. The van der Waals surface area contributed by atoms with Crippen LogP contribution >= 0.6 is 11.6 Å². The topological polar surface area (TPSA) is 49.3 Å².